The van der Waals surface area contributed by atoms with Crippen molar-refractivity contribution in [3.05, 3.63) is 28.2 Å². The summed E-state index contributed by atoms with van der Waals surface area (Å²) < 4.78 is 5.46. The third-order valence-electron chi connectivity index (χ3n) is 4.52. The van der Waals surface area contributed by atoms with Gasteiger partial charge >= 0.3 is 6.03 Å². The van der Waals surface area contributed by atoms with Crippen molar-refractivity contribution in [2.75, 3.05) is 49.7 Å². The number of anilines is 1. The second kappa shape index (κ2) is 8.15. The lowest BCUT2D eigenvalue weighted by Crippen LogP contribution is -2.59. The quantitative estimate of drug-likeness (QED) is 0.828. The van der Waals surface area contributed by atoms with Crippen LogP contribution < -0.4 is 10.6 Å². The molecule has 1 aromatic carbocycles. The van der Waals surface area contributed by atoms with Crippen LogP contribution in [0.5, 0.6) is 0 Å². The molecule has 2 heterocycles. The minimum atomic E-state index is -0.247. The van der Waals surface area contributed by atoms with Crippen LogP contribution in [0.15, 0.2) is 18.2 Å². The molecule has 0 spiro atoms. The monoisotopic (exact) mass is 389 g/mol. The zero-order chi connectivity index (χ0) is 17.0. The number of rotatable bonds is 4. The Morgan fingerprint density at radius 2 is 2.12 bits per heavy atom. The van der Waals surface area contributed by atoms with E-state index < -0.39 is 0 Å². The van der Waals surface area contributed by atoms with E-state index in [4.69, 9.17) is 27.9 Å². The Hall–Kier alpha value is -0.660. The van der Waals surface area contributed by atoms with Crippen LogP contribution >= 0.6 is 35.0 Å². The van der Waals surface area contributed by atoms with E-state index in [0.29, 0.717) is 22.3 Å². The molecule has 2 saturated heterocycles. The summed E-state index contributed by atoms with van der Waals surface area (Å²) in [4.78, 5) is 14.7. The van der Waals surface area contributed by atoms with E-state index in [9.17, 15) is 4.79 Å². The van der Waals surface area contributed by atoms with Gasteiger partial charge in [-0.3, -0.25) is 4.90 Å². The number of carbonyl (C=O) groups excluding carboxylic acids is 1. The number of nitrogens with zero attached hydrogens (tertiary/aromatic N) is 1. The van der Waals surface area contributed by atoms with Crippen LogP contribution in [0.1, 0.15) is 6.42 Å². The first kappa shape index (κ1) is 18.1. The molecule has 0 radical (unpaired) electrons. The van der Waals surface area contributed by atoms with Gasteiger partial charge in [0.05, 0.1) is 23.9 Å². The normalized spacial score (nSPS) is 24.8. The number of benzene rings is 1. The average molecular weight is 390 g/mol. The van der Waals surface area contributed by atoms with E-state index in [2.05, 4.69) is 15.5 Å². The number of halogens is 2. The third kappa shape index (κ3) is 4.29. The summed E-state index contributed by atoms with van der Waals surface area (Å²) in [6.07, 6.45) is 1.08. The fourth-order valence-electron chi connectivity index (χ4n) is 3.14. The van der Waals surface area contributed by atoms with Crippen LogP contribution in [0.4, 0.5) is 10.5 Å². The highest BCUT2D eigenvalue weighted by Crippen LogP contribution is 2.33. The van der Waals surface area contributed by atoms with Gasteiger partial charge in [0.1, 0.15) is 0 Å². The van der Waals surface area contributed by atoms with Gasteiger partial charge in [-0.25, -0.2) is 4.79 Å². The molecule has 2 aliphatic rings. The minimum absolute atomic E-state index is 0.0234. The van der Waals surface area contributed by atoms with E-state index >= 15 is 0 Å². The van der Waals surface area contributed by atoms with E-state index in [0.717, 1.165) is 44.2 Å². The van der Waals surface area contributed by atoms with Crippen molar-refractivity contribution < 1.29 is 9.53 Å². The number of thioether (sulfide) groups is 1. The molecule has 8 heteroatoms. The molecule has 0 bridgehead atoms. The van der Waals surface area contributed by atoms with Gasteiger partial charge in [-0.05, 0) is 30.4 Å². The number of hydrogen-bond donors (Lipinski definition) is 2. The average Bonchev–Trinajstić information content (AvgIpc) is 3.07. The standard InChI is InChI=1S/C16H21Cl2N3O2S/c17-12-1-2-14(13(18)9-12)20-15(22)19-10-16(3-8-24-11-16)21-4-6-23-7-5-21/h1-2,9H,3-8,10-11H2,(H2,19,20,22)/t16-/m1/s1. The highest BCUT2D eigenvalue weighted by atomic mass is 35.5. The van der Waals surface area contributed by atoms with Gasteiger partial charge in [0, 0.05) is 35.9 Å². The van der Waals surface area contributed by atoms with Crippen molar-refractivity contribution >= 4 is 46.7 Å². The Kier molecular flexibility index (Phi) is 6.16. The lowest BCUT2D eigenvalue weighted by molar-refractivity contribution is -0.0123. The Bertz CT molecular complexity index is 591. The largest absolute Gasteiger partial charge is 0.379 e. The molecule has 24 heavy (non-hydrogen) atoms. The third-order valence-corrected chi connectivity index (χ3v) is 6.30. The number of hydrogen-bond acceptors (Lipinski definition) is 4. The Morgan fingerprint density at radius 3 is 2.79 bits per heavy atom. The number of amides is 2. The molecule has 3 rings (SSSR count). The van der Waals surface area contributed by atoms with Crippen molar-refractivity contribution in [2.45, 2.75) is 12.0 Å². The van der Waals surface area contributed by atoms with Gasteiger partial charge in [-0.1, -0.05) is 23.2 Å². The van der Waals surface area contributed by atoms with Crippen LogP contribution in [0.25, 0.3) is 0 Å². The number of morpholine rings is 1. The van der Waals surface area contributed by atoms with Crippen molar-refractivity contribution in [2.24, 2.45) is 0 Å². The van der Waals surface area contributed by atoms with Crippen LogP contribution in [0.3, 0.4) is 0 Å². The molecular formula is C16H21Cl2N3O2S. The molecule has 5 nitrogen and oxygen atoms in total. The molecule has 0 saturated carbocycles. The van der Waals surface area contributed by atoms with Gasteiger partial charge in [-0.2, -0.15) is 11.8 Å². The zero-order valence-corrected chi connectivity index (χ0v) is 15.6. The fraction of sp³-hybridized carbons (Fsp3) is 0.562. The predicted octanol–water partition coefficient (Wildman–Crippen LogP) is 3.32. The minimum Gasteiger partial charge on any atom is -0.379 e. The number of urea groups is 1. The van der Waals surface area contributed by atoms with Gasteiger partial charge in [0.2, 0.25) is 0 Å². The predicted molar refractivity (Wildman–Crippen MR) is 101 cm³/mol. The smallest absolute Gasteiger partial charge is 0.319 e. The summed E-state index contributed by atoms with van der Waals surface area (Å²) in [5.41, 5.74) is 0.579. The van der Waals surface area contributed by atoms with E-state index in [1.54, 1.807) is 18.2 Å². The molecule has 2 amide bonds. The number of carbonyl (C=O) groups is 1. The topological polar surface area (TPSA) is 53.6 Å². The van der Waals surface area contributed by atoms with Gasteiger partial charge in [0.15, 0.2) is 0 Å². The Labute approximate surface area is 156 Å². The van der Waals surface area contributed by atoms with E-state index in [1.807, 2.05) is 11.8 Å². The summed E-state index contributed by atoms with van der Waals surface area (Å²) in [6.45, 7) is 3.99. The van der Waals surface area contributed by atoms with Crippen LogP contribution in [0, 0.1) is 0 Å². The molecular weight excluding hydrogens is 369 g/mol. The van der Waals surface area contributed by atoms with Gasteiger partial charge < -0.3 is 15.4 Å². The molecule has 132 valence electrons. The lowest BCUT2D eigenvalue weighted by atomic mass is 9.95. The van der Waals surface area contributed by atoms with Crippen molar-refractivity contribution in [3.63, 3.8) is 0 Å². The molecule has 1 aromatic rings. The SMILES string of the molecule is O=C(NC[C@]1(N2CCOCC2)CCSC1)Nc1ccc(Cl)cc1Cl. The Morgan fingerprint density at radius 1 is 1.33 bits per heavy atom. The van der Waals surface area contributed by atoms with Crippen molar-refractivity contribution in [1.82, 2.24) is 10.2 Å². The molecule has 2 aliphatic heterocycles. The van der Waals surface area contributed by atoms with Crippen molar-refractivity contribution in [3.8, 4) is 0 Å². The maximum absolute atomic E-state index is 12.3. The van der Waals surface area contributed by atoms with Crippen LogP contribution in [0.2, 0.25) is 10.0 Å². The summed E-state index contributed by atoms with van der Waals surface area (Å²) in [7, 11) is 0. The fourth-order valence-corrected chi connectivity index (χ4v) is 5.07. The highest BCUT2D eigenvalue weighted by Gasteiger charge is 2.40. The first-order valence-electron chi connectivity index (χ1n) is 8.00. The first-order valence-corrected chi connectivity index (χ1v) is 9.91. The maximum Gasteiger partial charge on any atom is 0.319 e. The first-order chi connectivity index (χ1) is 11.6. The van der Waals surface area contributed by atoms with Gasteiger partial charge in [-0.15, -0.1) is 0 Å². The van der Waals surface area contributed by atoms with Crippen molar-refractivity contribution in [1.29, 1.82) is 0 Å². The molecule has 0 aliphatic carbocycles. The summed E-state index contributed by atoms with van der Waals surface area (Å²) in [5.74, 6) is 2.17. The molecule has 0 unspecified atom stereocenters. The summed E-state index contributed by atoms with van der Waals surface area (Å²) in [6, 6.07) is 4.77. The van der Waals surface area contributed by atoms with Crippen LogP contribution in [-0.2, 0) is 4.74 Å². The van der Waals surface area contributed by atoms with E-state index in [-0.39, 0.29) is 11.6 Å². The Balaban J connectivity index is 1.59. The summed E-state index contributed by atoms with van der Waals surface area (Å²) in [5, 5.41) is 6.78. The van der Waals surface area contributed by atoms with Gasteiger partial charge in [0.25, 0.3) is 0 Å². The van der Waals surface area contributed by atoms with Crippen LogP contribution in [-0.4, -0.2) is 60.8 Å². The lowest BCUT2D eigenvalue weighted by Gasteiger charge is -2.43. The van der Waals surface area contributed by atoms with E-state index in [1.165, 1.54) is 0 Å². The second-order valence-corrected chi connectivity index (χ2v) is 8.01. The highest BCUT2D eigenvalue weighted by molar-refractivity contribution is 7.99. The number of ether oxygens (including phenoxy) is 1. The summed E-state index contributed by atoms with van der Waals surface area (Å²) >= 11 is 13.9. The number of nitrogens with one attached hydrogen (secondary N) is 2. The zero-order valence-electron chi connectivity index (χ0n) is 13.3. The molecule has 2 fully saturated rings. The maximum atomic E-state index is 12.3. The molecule has 1 atom stereocenters. The molecule has 2 N–H and O–H groups in total. The second-order valence-electron chi connectivity index (χ2n) is 6.06. The molecule has 0 aromatic heterocycles.